The molecule has 2 aliphatic carbocycles. The molecule has 0 spiro atoms. The molecule has 0 N–H and O–H groups in total. The number of aryl methyl sites for hydroxylation is 1. The first-order chi connectivity index (χ1) is 7.74. The Morgan fingerprint density at radius 3 is 2.62 bits per heavy atom. The Labute approximate surface area is 105 Å². The molecule has 0 bridgehead atoms. The quantitative estimate of drug-likeness (QED) is 0.839. The Hall–Kier alpha value is -0.570. The zero-order chi connectivity index (χ0) is 11.1. The van der Waals surface area contributed by atoms with Crippen molar-refractivity contribution >= 4 is 21.7 Å². The van der Waals surface area contributed by atoms with E-state index in [2.05, 4.69) is 39.9 Å². The van der Waals surface area contributed by atoms with Gasteiger partial charge in [0.15, 0.2) is 0 Å². The number of rotatable bonds is 4. The Bertz CT molecular complexity index is 397. The van der Waals surface area contributed by atoms with Gasteiger partial charge in [-0.2, -0.15) is 0 Å². The molecule has 0 atom stereocenters. The fraction of sp³-hybridized carbons (Fsp3) is 0.615. The number of halogens is 1. The lowest BCUT2D eigenvalue weighted by Gasteiger charge is -2.24. The molecule has 0 saturated heterocycles. The lowest BCUT2D eigenvalue weighted by atomic mass is 10.3. The van der Waals surface area contributed by atoms with Crippen molar-refractivity contribution in [3.63, 3.8) is 0 Å². The predicted molar refractivity (Wildman–Crippen MR) is 69.8 cm³/mol. The third kappa shape index (κ3) is 2.24. The summed E-state index contributed by atoms with van der Waals surface area (Å²) in [6.45, 7) is 3.29. The summed E-state index contributed by atoms with van der Waals surface area (Å²) in [5.41, 5.74) is 1.10. The van der Waals surface area contributed by atoms with Crippen LogP contribution in [0.3, 0.4) is 0 Å². The van der Waals surface area contributed by atoms with Crippen LogP contribution in [0.4, 0.5) is 5.82 Å². The van der Waals surface area contributed by atoms with E-state index in [-0.39, 0.29) is 0 Å². The van der Waals surface area contributed by atoms with E-state index >= 15 is 0 Å². The molecule has 0 amide bonds. The van der Waals surface area contributed by atoms with Crippen LogP contribution >= 0.6 is 15.9 Å². The van der Waals surface area contributed by atoms with E-state index in [4.69, 9.17) is 4.98 Å². The molecule has 2 nitrogen and oxygen atoms in total. The lowest BCUT2D eigenvalue weighted by molar-refractivity contribution is 0.707. The zero-order valence-corrected chi connectivity index (χ0v) is 11.2. The lowest BCUT2D eigenvalue weighted by Crippen LogP contribution is -2.29. The minimum absolute atomic E-state index is 0.772. The van der Waals surface area contributed by atoms with Crippen LogP contribution in [0.1, 0.15) is 31.4 Å². The number of anilines is 1. The topological polar surface area (TPSA) is 16.1 Å². The molecule has 0 aliphatic heterocycles. The van der Waals surface area contributed by atoms with Gasteiger partial charge >= 0.3 is 0 Å². The van der Waals surface area contributed by atoms with Crippen LogP contribution in [0.2, 0.25) is 0 Å². The summed E-state index contributed by atoms with van der Waals surface area (Å²) >= 11 is 3.51. The molecule has 0 aromatic carbocycles. The van der Waals surface area contributed by atoms with Gasteiger partial charge in [0.2, 0.25) is 0 Å². The van der Waals surface area contributed by atoms with Gasteiger partial charge in [0.05, 0.1) is 5.69 Å². The van der Waals surface area contributed by atoms with Crippen LogP contribution in [0.25, 0.3) is 0 Å². The number of hydrogen-bond acceptors (Lipinski definition) is 2. The third-order valence-electron chi connectivity index (χ3n) is 3.44. The van der Waals surface area contributed by atoms with Crippen molar-refractivity contribution in [2.45, 2.75) is 38.6 Å². The highest BCUT2D eigenvalue weighted by Gasteiger charge is 2.34. The molecular formula is C13H17BrN2. The Kier molecular flexibility index (Phi) is 2.66. The van der Waals surface area contributed by atoms with Gasteiger partial charge in [-0.3, -0.25) is 0 Å². The highest BCUT2D eigenvalue weighted by molar-refractivity contribution is 9.10. The highest BCUT2D eigenvalue weighted by atomic mass is 79.9. The average molecular weight is 281 g/mol. The Balaban J connectivity index is 1.82. The minimum Gasteiger partial charge on any atom is -0.353 e. The van der Waals surface area contributed by atoms with Gasteiger partial charge in [0, 0.05) is 17.1 Å². The summed E-state index contributed by atoms with van der Waals surface area (Å²) in [4.78, 5) is 7.22. The van der Waals surface area contributed by atoms with Gasteiger partial charge in [-0.1, -0.05) is 0 Å². The van der Waals surface area contributed by atoms with Crippen molar-refractivity contribution < 1.29 is 0 Å². The van der Waals surface area contributed by atoms with E-state index in [9.17, 15) is 0 Å². The molecule has 0 radical (unpaired) electrons. The molecule has 2 fully saturated rings. The van der Waals surface area contributed by atoms with Crippen LogP contribution in [-0.4, -0.2) is 17.6 Å². The molecule has 1 aromatic rings. The molecule has 0 unspecified atom stereocenters. The second-order valence-corrected chi connectivity index (χ2v) is 5.92. The highest BCUT2D eigenvalue weighted by Crippen LogP contribution is 2.37. The van der Waals surface area contributed by atoms with Gasteiger partial charge in [-0.15, -0.1) is 0 Å². The Morgan fingerprint density at radius 1 is 1.31 bits per heavy atom. The first kappa shape index (κ1) is 10.6. The number of nitrogens with zero attached hydrogens (tertiary/aromatic N) is 2. The molecule has 1 aromatic heterocycles. The van der Waals surface area contributed by atoms with E-state index in [1.807, 2.05) is 0 Å². The van der Waals surface area contributed by atoms with Gasteiger partial charge in [0.1, 0.15) is 5.82 Å². The van der Waals surface area contributed by atoms with Crippen LogP contribution in [0.15, 0.2) is 16.6 Å². The molecule has 16 heavy (non-hydrogen) atoms. The van der Waals surface area contributed by atoms with E-state index < -0.39 is 0 Å². The number of pyridine rings is 1. The summed E-state index contributed by atoms with van der Waals surface area (Å²) in [5.74, 6) is 2.11. The number of aromatic nitrogens is 1. The maximum Gasteiger partial charge on any atom is 0.129 e. The zero-order valence-electron chi connectivity index (χ0n) is 9.62. The molecule has 86 valence electrons. The van der Waals surface area contributed by atoms with E-state index in [0.29, 0.717) is 0 Å². The van der Waals surface area contributed by atoms with Gasteiger partial charge in [0.25, 0.3) is 0 Å². The van der Waals surface area contributed by atoms with Crippen molar-refractivity contribution in [2.75, 3.05) is 11.4 Å². The molecule has 1 heterocycles. The van der Waals surface area contributed by atoms with E-state index in [1.165, 1.54) is 38.0 Å². The first-order valence-electron chi connectivity index (χ1n) is 6.14. The summed E-state index contributed by atoms with van der Waals surface area (Å²) in [6, 6.07) is 5.05. The van der Waals surface area contributed by atoms with Crippen LogP contribution < -0.4 is 4.90 Å². The first-order valence-corrected chi connectivity index (χ1v) is 6.93. The Morgan fingerprint density at radius 2 is 2.06 bits per heavy atom. The maximum absolute atomic E-state index is 4.69. The average Bonchev–Trinajstić information content (AvgIpc) is 3.13. The van der Waals surface area contributed by atoms with Gasteiger partial charge in [-0.05, 0) is 66.6 Å². The molecule has 3 heteroatoms. The SMILES string of the molecule is Cc1nc(N(CC2CC2)C2CC2)ccc1Br. The summed E-state index contributed by atoms with van der Waals surface area (Å²) in [7, 11) is 0. The predicted octanol–water partition coefficient (Wildman–Crippen LogP) is 3.53. The fourth-order valence-electron chi connectivity index (χ4n) is 2.09. The minimum atomic E-state index is 0.772. The summed E-state index contributed by atoms with van der Waals surface area (Å²) in [6.07, 6.45) is 5.53. The largest absolute Gasteiger partial charge is 0.353 e. The standard InChI is InChI=1S/C13H17BrN2/c1-9-12(14)6-7-13(15-9)16(11-4-5-11)8-10-2-3-10/h6-7,10-11H,2-5,8H2,1H3. The molecular weight excluding hydrogens is 264 g/mol. The normalized spacial score (nSPS) is 19.9. The molecule has 2 aliphatic rings. The van der Waals surface area contributed by atoms with Crippen molar-refractivity contribution in [1.82, 2.24) is 4.98 Å². The third-order valence-corrected chi connectivity index (χ3v) is 4.28. The molecule has 3 rings (SSSR count). The van der Waals surface area contributed by atoms with Crippen molar-refractivity contribution in [1.29, 1.82) is 0 Å². The number of hydrogen-bond donors (Lipinski definition) is 0. The fourth-order valence-corrected chi connectivity index (χ4v) is 2.31. The van der Waals surface area contributed by atoms with E-state index in [0.717, 1.165) is 22.1 Å². The van der Waals surface area contributed by atoms with E-state index in [1.54, 1.807) is 0 Å². The van der Waals surface area contributed by atoms with Crippen molar-refractivity contribution in [2.24, 2.45) is 5.92 Å². The summed E-state index contributed by atoms with van der Waals surface area (Å²) < 4.78 is 1.11. The summed E-state index contributed by atoms with van der Waals surface area (Å²) in [5, 5.41) is 0. The van der Waals surface area contributed by atoms with Crippen molar-refractivity contribution in [3.05, 3.63) is 22.3 Å². The second-order valence-electron chi connectivity index (χ2n) is 5.06. The smallest absolute Gasteiger partial charge is 0.129 e. The van der Waals surface area contributed by atoms with Crippen LogP contribution in [0, 0.1) is 12.8 Å². The monoisotopic (exact) mass is 280 g/mol. The second kappa shape index (κ2) is 4.02. The van der Waals surface area contributed by atoms with Crippen LogP contribution in [0.5, 0.6) is 0 Å². The van der Waals surface area contributed by atoms with Gasteiger partial charge in [-0.25, -0.2) is 4.98 Å². The maximum atomic E-state index is 4.69. The molecule has 2 saturated carbocycles. The van der Waals surface area contributed by atoms with Crippen LogP contribution in [-0.2, 0) is 0 Å². The van der Waals surface area contributed by atoms with Gasteiger partial charge < -0.3 is 4.90 Å². The van der Waals surface area contributed by atoms with Crippen molar-refractivity contribution in [3.8, 4) is 0 Å².